The summed E-state index contributed by atoms with van der Waals surface area (Å²) in [7, 11) is -3.27. The average molecular weight is 631 g/mol. The van der Waals surface area contributed by atoms with Gasteiger partial charge in [0.25, 0.3) is 15.7 Å². The Morgan fingerprint density at radius 1 is 1.07 bits per heavy atom. The normalized spacial score (nSPS) is 12.6. The molecule has 3 aromatic rings. The Bertz CT molecular complexity index is 1580. The van der Waals surface area contributed by atoms with Crippen molar-refractivity contribution >= 4 is 44.8 Å². The lowest BCUT2D eigenvalue weighted by atomic mass is 10.1. The number of aryl methyl sites for hydroxylation is 1. The number of sulfonamides is 1. The van der Waals surface area contributed by atoms with Gasteiger partial charge in [0.15, 0.2) is 0 Å². The van der Waals surface area contributed by atoms with Gasteiger partial charge >= 0.3 is 0 Å². The van der Waals surface area contributed by atoms with Crippen LogP contribution in [0.5, 0.6) is 5.75 Å². The number of nitro benzene ring substituents is 1. The molecule has 0 saturated heterocycles. The molecule has 0 aliphatic heterocycles. The van der Waals surface area contributed by atoms with E-state index in [-0.39, 0.29) is 34.6 Å². The molecule has 0 aliphatic rings. The van der Waals surface area contributed by atoms with Crippen LogP contribution in [0.4, 0.5) is 11.4 Å². The van der Waals surface area contributed by atoms with Crippen LogP contribution in [0.1, 0.15) is 38.3 Å². The second-order valence-electron chi connectivity index (χ2n) is 10.0. The van der Waals surface area contributed by atoms with Crippen LogP contribution in [-0.4, -0.2) is 55.8 Å². The minimum atomic E-state index is -4.60. The fraction of sp³-hybridized carbons (Fsp3) is 0.333. The third-order valence-corrected chi connectivity index (χ3v) is 9.01. The van der Waals surface area contributed by atoms with Crippen molar-refractivity contribution in [3.63, 3.8) is 0 Å². The number of hydrogen-bond acceptors (Lipinski definition) is 7. The zero-order valence-corrected chi connectivity index (χ0v) is 26.2. The van der Waals surface area contributed by atoms with E-state index in [1.54, 1.807) is 31.2 Å². The second kappa shape index (κ2) is 14.3. The van der Waals surface area contributed by atoms with E-state index in [0.29, 0.717) is 6.42 Å². The summed E-state index contributed by atoms with van der Waals surface area (Å²) in [5.74, 6) is -0.995. The molecule has 0 aliphatic carbocycles. The van der Waals surface area contributed by atoms with Gasteiger partial charge in [-0.1, -0.05) is 54.9 Å². The topological polar surface area (TPSA) is 139 Å². The molecule has 230 valence electrons. The van der Waals surface area contributed by atoms with Crippen LogP contribution < -0.4 is 14.4 Å². The fourth-order valence-electron chi connectivity index (χ4n) is 4.27. The van der Waals surface area contributed by atoms with Crippen molar-refractivity contribution in [1.82, 2.24) is 10.2 Å². The summed E-state index contributed by atoms with van der Waals surface area (Å²) < 4.78 is 34.5. The minimum Gasteiger partial charge on any atom is -0.495 e. The van der Waals surface area contributed by atoms with E-state index in [0.717, 1.165) is 15.9 Å². The Morgan fingerprint density at radius 3 is 2.35 bits per heavy atom. The van der Waals surface area contributed by atoms with Gasteiger partial charge in [0, 0.05) is 29.2 Å². The molecular formula is C30H35ClN4O7S. The van der Waals surface area contributed by atoms with Gasteiger partial charge in [0.2, 0.25) is 11.8 Å². The fourth-order valence-corrected chi connectivity index (χ4v) is 5.88. The lowest BCUT2D eigenvalue weighted by molar-refractivity contribution is -0.385. The number of nitro groups is 1. The molecule has 2 atom stereocenters. The number of carbonyl (C=O) groups excluding carboxylic acids is 2. The maximum absolute atomic E-state index is 14.2. The summed E-state index contributed by atoms with van der Waals surface area (Å²) in [5.41, 5.74) is 0.541. The first kappa shape index (κ1) is 33.3. The predicted molar refractivity (Wildman–Crippen MR) is 165 cm³/mol. The Labute approximate surface area is 256 Å². The molecule has 3 rings (SSSR count). The number of amides is 2. The van der Waals surface area contributed by atoms with E-state index in [2.05, 4.69) is 5.32 Å². The molecule has 2 amide bonds. The maximum atomic E-state index is 14.2. The smallest absolute Gasteiger partial charge is 0.273 e. The van der Waals surface area contributed by atoms with E-state index in [4.69, 9.17) is 16.3 Å². The second-order valence-corrected chi connectivity index (χ2v) is 12.3. The highest BCUT2D eigenvalue weighted by Crippen LogP contribution is 2.36. The van der Waals surface area contributed by atoms with Crippen molar-refractivity contribution in [2.75, 3.05) is 18.0 Å². The van der Waals surface area contributed by atoms with Crippen LogP contribution in [0.3, 0.4) is 0 Å². The number of nitrogens with one attached hydrogen (secondary N) is 1. The van der Waals surface area contributed by atoms with Gasteiger partial charge in [0.05, 0.1) is 22.6 Å². The van der Waals surface area contributed by atoms with Crippen LogP contribution in [0.2, 0.25) is 5.02 Å². The Morgan fingerprint density at radius 2 is 1.74 bits per heavy atom. The largest absolute Gasteiger partial charge is 0.495 e. The van der Waals surface area contributed by atoms with Gasteiger partial charge in [-0.2, -0.15) is 0 Å². The lowest BCUT2D eigenvalue weighted by Gasteiger charge is -2.32. The summed E-state index contributed by atoms with van der Waals surface area (Å²) in [6.45, 7) is 6.08. The van der Waals surface area contributed by atoms with Gasteiger partial charge in [-0.3, -0.25) is 24.0 Å². The molecule has 0 saturated carbocycles. The number of nitrogens with zero attached hydrogens (tertiary/aromatic N) is 3. The molecule has 0 fully saturated rings. The van der Waals surface area contributed by atoms with Crippen molar-refractivity contribution in [3.05, 3.63) is 93.0 Å². The molecule has 43 heavy (non-hydrogen) atoms. The van der Waals surface area contributed by atoms with E-state index in [1.165, 1.54) is 49.3 Å². The number of benzene rings is 3. The number of halogens is 1. The van der Waals surface area contributed by atoms with E-state index < -0.39 is 49.9 Å². The molecule has 0 radical (unpaired) electrons. The first-order valence-corrected chi connectivity index (χ1v) is 15.4. The minimum absolute atomic E-state index is 0.0192. The molecule has 0 heterocycles. The number of rotatable bonds is 13. The monoisotopic (exact) mass is 630 g/mol. The Balaban J connectivity index is 2.15. The molecular weight excluding hydrogens is 596 g/mol. The molecule has 0 aromatic heterocycles. The summed E-state index contributed by atoms with van der Waals surface area (Å²) in [6, 6.07) is 15.6. The van der Waals surface area contributed by atoms with Crippen molar-refractivity contribution in [2.24, 2.45) is 0 Å². The molecule has 0 spiro atoms. The van der Waals surface area contributed by atoms with E-state index in [9.17, 15) is 28.1 Å². The number of hydrogen-bond donors (Lipinski definition) is 1. The molecule has 0 unspecified atom stereocenters. The summed E-state index contributed by atoms with van der Waals surface area (Å²) in [6.07, 6.45) is 0.675. The Hall–Kier alpha value is -4.16. The van der Waals surface area contributed by atoms with E-state index in [1.807, 2.05) is 19.9 Å². The predicted octanol–water partition coefficient (Wildman–Crippen LogP) is 5.09. The van der Waals surface area contributed by atoms with E-state index >= 15 is 0 Å². The van der Waals surface area contributed by atoms with Gasteiger partial charge in [0.1, 0.15) is 18.3 Å². The van der Waals surface area contributed by atoms with Crippen LogP contribution >= 0.6 is 11.6 Å². The van der Waals surface area contributed by atoms with Crippen molar-refractivity contribution in [1.29, 1.82) is 0 Å². The highest BCUT2D eigenvalue weighted by molar-refractivity contribution is 7.92. The van der Waals surface area contributed by atoms with Gasteiger partial charge in [-0.25, -0.2) is 8.42 Å². The molecule has 13 heteroatoms. The highest BCUT2D eigenvalue weighted by Gasteiger charge is 2.35. The molecule has 0 bridgehead atoms. The maximum Gasteiger partial charge on any atom is 0.273 e. The SMILES string of the molecule is CC[C@H](C)NC(=O)[C@@H](C)N(Cc1ccccc1)C(=O)CN(c1cc(Cl)ccc1OC)S(=O)(=O)c1ccc(C)c([N+](=O)[O-])c1. The third kappa shape index (κ3) is 8.02. The van der Waals surface area contributed by atoms with Crippen molar-refractivity contribution in [3.8, 4) is 5.75 Å². The average Bonchev–Trinajstić information content (AvgIpc) is 2.98. The van der Waals surface area contributed by atoms with Crippen molar-refractivity contribution < 1.29 is 27.7 Å². The number of ether oxygens (including phenoxy) is 1. The Kier molecular flexibility index (Phi) is 11.1. The van der Waals surface area contributed by atoms with Crippen molar-refractivity contribution in [2.45, 2.75) is 57.6 Å². The first-order chi connectivity index (χ1) is 20.3. The zero-order valence-electron chi connectivity index (χ0n) is 24.6. The van der Waals surface area contributed by atoms with Crippen LogP contribution in [0, 0.1) is 17.0 Å². The lowest BCUT2D eigenvalue weighted by Crippen LogP contribution is -2.52. The summed E-state index contributed by atoms with van der Waals surface area (Å²) in [4.78, 5) is 39.1. The van der Waals surface area contributed by atoms with Gasteiger partial charge < -0.3 is 15.0 Å². The number of carbonyl (C=O) groups is 2. The first-order valence-electron chi connectivity index (χ1n) is 13.5. The quantitative estimate of drug-likeness (QED) is 0.205. The van der Waals surface area contributed by atoms with Gasteiger partial charge in [-0.15, -0.1) is 0 Å². The van der Waals surface area contributed by atoms with Crippen LogP contribution in [-0.2, 0) is 26.2 Å². The van der Waals surface area contributed by atoms with Gasteiger partial charge in [-0.05, 0) is 57.0 Å². The zero-order chi connectivity index (χ0) is 31.9. The summed E-state index contributed by atoms with van der Waals surface area (Å²) >= 11 is 6.25. The van der Waals surface area contributed by atoms with Crippen LogP contribution in [0.15, 0.2) is 71.6 Å². The standard InChI is InChI=1S/C30H35ClN4O7S/c1-6-21(3)32-30(37)22(4)33(18-23-10-8-7-9-11-23)29(36)19-34(27-16-24(31)13-15-28(27)42-5)43(40,41)25-14-12-20(2)26(17-25)35(38)39/h7-17,21-22H,6,18-19H2,1-5H3,(H,32,37)/t21-,22+/m0/s1. The highest BCUT2D eigenvalue weighted by atomic mass is 35.5. The third-order valence-electron chi connectivity index (χ3n) is 7.02. The summed E-state index contributed by atoms with van der Waals surface area (Å²) in [5, 5.41) is 14.7. The molecule has 11 nitrogen and oxygen atoms in total. The number of methoxy groups -OCH3 is 1. The molecule has 3 aromatic carbocycles. The molecule has 1 N–H and O–H groups in total. The number of anilines is 1. The van der Waals surface area contributed by atoms with Crippen LogP contribution in [0.25, 0.3) is 0 Å².